The highest BCUT2D eigenvalue weighted by molar-refractivity contribution is 7.92. The van der Waals surface area contributed by atoms with Gasteiger partial charge in [0, 0.05) is 22.5 Å². The molecule has 0 heterocycles. The van der Waals surface area contributed by atoms with E-state index in [4.69, 9.17) is 0 Å². The zero-order valence-corrected chi connectivity index (χ0v) is 15.9. The number of amides is 1. The van der Waals surface area contributed by atoms with Crippen molar-refractivity contribution in [2.75, 3.05) is 16.3 Å². The fourth-order valence-corrected chi connectivity index (χ4v) is 3.22. The SMILES string of the molecule is CS(=O)(=O)Nc1ccc(NC(=O)c2ccccc2C(=O)c2ccccc2)cc1. The van der Waals surface area contributed by atoms with Gasteiger partial charge in [0.1, 0.15) is 0 Å². The minimum absolute atomic E-state index is 0.237. The lowest BCUT2D eigenvalue weighted by atomic mass is 9.98. The first kappa shape index (κ1) is 19.3. The number of hydrogen-bond acceptors (Lipinski definition) is 4. The third-order valence-corrected chi connectivity index (χ3v) is 4.50. The van der Waals surface area contributed by atoms with Crippen LogP contribution < -0.4 is 10.0 Å². The molecule has 0 bridgehead atoms. The number of nitrogens with one attached hydrogen (secondary N) is 2. The highest BCUT2D eigenvalue weighted by Crippen LogP contribution is 2.19. The number of anilines is 2. The molecule has 0 fully saturated rings. The van der Waals surface area contributed by atoms with Gasteiger partial charge < -0.3 is 5.32 Å². The lowest BCUT2D eigenvalue weighted by molar-refractivity contribution is 0.0996. The molecular weight excluding hydrogens is 376 g/mol. The Labute approximate surface area is 163 Å². The summed E-state index contributed by atoms with van der Waals surface area (Å²) in [5.41, 5.74) is 1.93. The number of hydrogen-bond donors (Lipinski definition) is 2. The van der Waals surface area contributed by atoms with Gasteiger partial charge in [-0.3, -0.25) is 14.3 Å². The Morgan fingerprint density at radius 3 is 1.86 bits per heavy atom. The van der Waals surface area contributed by atoms with E-state index in [0.29, 0.717) is 22.5 Å². The Morgan fingerprint density at radius 2 is 1.25 bits per heavy atom. The summed E-state index contributed by atoms with van der Waals surface area (Å²) < 4.78 is 24.9. The molecule has 0 aliphatic rings. The first-order valence-electron chi connectivity index (χ1n) is 8.41. The van der Waals surface area contributed by atoms with E-state index in [2.05, 4.69) is 10.0 Å². The minimum atomic E-state index is -3.37. The van der Waals surface area contributed by atoms with Gasteiger partial charge in [0.05, 0.1) is 11.8 Å². The number of carbonyl (C=O) groups excluding carboxylic acids is 2. The van der Waals surface area contributed by atoms with E-state index in [9.17, 15) is 18.0 Å². The molecule has 2 N–H and O–H groups in total. The van der Waals surface area contributed by atoms with Gasteiger partial charge in [-0.2, -0.15) is 0 Å². The van der Waals surface area contributed by atoms with Crippen LogP contribution in [-0.2, 0) is 10.0 Å². The summed E-state index contributed by atoms with van der Waals surface area (Å²) in [5.74, 6) is -0.664. The van der Waals surface area contributed by atoms with Gasteiger partial charge >= 0.3 is 0 Å². The molecule has 3 aromatic rings. The van der Waals surface area contributed by atoms with Crippen LogP contribution in [0, 0.1) is 0 Å². The molecule has 0 atom stereocenters. The number of carbonyl (C=O) groups is 2. The predicted octanol–water partition coefficient (Wildman–Crippen LogP) is 3.54. The topological polar surface area (TPSA) is 92.3 Å². The summed E-state index contributed by atoms with van der Waals surface area (Å²) in [6.07, 6.45) is 1.06. The Hall–Kier alpha value is -3.45. The molecule has 0 spiro atoms. The van der Waals surface area contributed by atoms with Crippen LogP contribution >= 0.6 is 0 Å². The Bertz CT molecular complexity index is 1110. The van der Waals surface area contributed by atoms with Gasteiger partial charge in [0.15, 0.2) is 5.78 Å². The molecule has 0 saturated carbocycles. The molecule has 0 unspecified atom stereocenters. The Morgan fingerprint density at radius 1 is 0.714 bits per heavy atom. The summed E-state index contributed by atoms with van der Waals surface area (Å²) in [6, 6.07) is 21.6. The highest BCUT2D eigenvalue weighted by Gasteiger charge is 2.18. The largest absolute Gasteiger partial charge is 0.322 e. The molecule has 142 valence electrons. The third-order valence-electron chi connectivity index (χ3n) is 3.90. The van der Waals surface area contributed by atoms with E-state index >= 15 is 0 Å². The van der Waals surface area contributed by atoms with Gasteiger partial charge in [-0.05, 0) is 30.3 Å². The second-order valence-corrected chi connectivity index (χ2v) is 7.89. The number of rotatable bonds is 6. The number of ketones is 1. The second kappa shape index (κ2) is 8.06. The highest BCUT2D eigenvalue weighted by atomic mass is 32.2. The summed E-state index contributed by atoms with van der Waals surface area (Å²) >= 11 is 0. The van der Waals surface area contributed by atoms with E-state index in [1.807, 2.05) is 6.07 Å². The smallest absolute Gasteiger partial charge is 0.256 e. The fourth-order valence-electron chi connectivity index (χ4n) is 2.66. The van der Waals surface area contributed by atoms with E-state index in [0.717, 1.165) is 6.26 Å². The van der Waals surface area contributed by atoms with Crippen molar-refractivity contribution < 1.29 is 18.0 Å². The van der Waals surface area contributed by atoms with Crippen molar-refractivity contribution in [3.8, 4) is 0 Å². The maximum absolute atomic E-state index is 12.8. The molecule has 6 nitrogen and oxygen atoms in total. The molecule has 3 rings (SSSR count). The molecule has 0 aromatic heterocycles. The Kier molecular flexibility index (Phi) is 5.56. The molecule has 0 aliphatic heterocycles. The standard InChI is InChI=1S/C21H18N2O4S/c1-28(26,27)23-17-13-11-16(12-14-17)22-21(25)19-10-6-5-9-18(19)20(24)15-7-3-2-4-8-15/h2-14,23H,1H3,(H,22,25). The van der Waals surface area contributed by atoms with E-state index < -0.39 is 15.9 Å². The monoisotopic (exact) mass is 394 g/mol. The van der Waals surface area contributed by atoms with Crippen LogP contribution in [0.2, 0.25) is 0 Å². The van der Waals surface area contributed by atoms with Gasteiger partial charge in [-0.15, -0.1) is 0 Å². The van der Waals surface area contributed by atoms with E-state index in [-0.39, 0.29) is 11.3 Å². The average molecular weight is 394 g/mol. The maximum atomic E-state index is 12.8. The molecule has 0 aliphatic carbocycles. The van der Waals surface area contributed by atoms with E-state index in [1.165, 1.54) is 12.1 Å². The van der Waals surface area contributed by atoms with Gasteiger partial charge in [0.2, 0.25) is 10.0 Å². The summed E-state index contributed by atoms with van der Waals surface area (Å²) in [6.45, 7) is 0. The molecule has 28 heavy (non-hydrogen) atoms. The summed E-state index contributed by atoms with van der Waals surface area (Å²) in [7, 11) is -3.37. The number of benzene rings is 3. The Balaban J connectivity index is 1.81. The van der Waals surface area contributed by atoms with Crippen LogP contribution in [0.1, 0.15) is 26.3 Å². The zero-order chi connectivity index (χ0) is 20.1. The third kappa shape index (κ3) is 4.83. The van der Waals surface area contributed by atoms with Crippen LogP contribution in [0.3, 0.4) is 0 Å². The minimum Gasteiger partial charge on any atom is -0.322 e. The van der Waals surface area contributed by atoms with Gasteiger partial charge in [0.25, 0.3) is 5.91 Å². The molecule has 0 radical (unpaired) electrons. The van der Waals surface area contributed by atoms with Gasteiger partial charge in [-0.25, -0.2) is 8.42 Å². The van der Waals surface area contributed by atoms with Crippen LogP contribution in [0.5, 0.6) is 0 Å². The van der Waals surface area contributed by atoms with Crippen LogP contribution in [0.15, 0.2) is 78.9 Å². The first-order chi connectivity index (χ1) is 13.3. The number of sulfonamides is 1. The van der Waals surface area contributed by atoms with Gasteiger partial charge in [-0.1, -0.05) is 48.5 Å². The summed E-state index contributed by atoms with van der Waals surface area (Å²) in [5, 5.41) is 2.73. The van der Waals surface area contributed by atoms with Crippen LogP contribution in [0.4, 0.5) is 11.4 Å². The molecular formula is C21H18N2O4S. The van der Waals surface area contributed by atoms with Crippen LogP contribution in [0.25, 0.3) is 0 Å². The van der Waals surface area contributed by atoms with Crippen molar-refractivity contribution in [3.05, 3.63) is 95.6 Å². The maximum Gasteiger partial charge on any atom is 0.256 e. The molecule has 3 aromatic carbocycles. The van der Waals surface area contributed by atoms with Crippen molar-refractivity contribution in [2.24, 2.45) is 0 Å². The average Bonchev–Trinajstić information content (AvgIpc) is 2.68. The van der Waals surface area contributed by atoms with E-state index in [1.54, 1.807) is 60.7 Å². The van der Waals surface area contributed by atoms with Crippen molar-refractivity contribution >= 4 is 33.1 Å². The molecule has 7 heteroatoms. The first-order valence-corrected chi connectivity index (χ1v) is 10.3. The quantitative estimate of drug-likeness (QED) is 0.626. The normalized spacial score (nSPS) is 10.9. The zero-order valence-electron chi connectivity index (χ0n) is 15.0. The second-order valence-electron chi connectivity index (χ2n) is 6.15. The molecule has 1 amide bonds. The lowest BCUT2D eigenvalue weighted by Gasteiger charge is -2.10. The van der Waals surface area contributed by atoms with Crippen molar-refractivity contribution in [2.45, 2.75) is 0 Å². The van der Waals surface area contributed by atoms with Crippen molar-refractivity contribution in [1.29, 1.82) is 0 Å². The van der Waals surface area contributed by atoms with Crippen LogP contribution in [-0.4, -0.2) is 26.4 Å². The summed E-state index contributed by atoms with van der Waals surface area (Å²) in [4.78, 5) is 25.5. The molecule has 0 saturated heterocycles. The van der Waals surface area contributed by atoms with Crippen molar-refractivity contribution in [3.63, 3.8) is 0 Å². The predicted molar refractivity (Wildman–Crippen MR) is 109 cm³/mol. The fraction of sp³-hybridized carbons (Fsp3) is 0.0476. The lowest BCUT2D eigenvalue weighted by Crippen LogP contribution is -2.17. The van der Waals surface area contributed by atoms with Crippen molar-refractivity contribution in [1.82, 2.24) is 0 Å².